The molecule has 0 aromatic carbocycles. The number of nitrogens with two attached hydrogens (primary N) is 1. The Hall–Kier alpha value is -3.99. The van der Waals surface area contributed by atoms with Crippen LogP contribution in [0.25, 0.3) is 22.8 Å². The van der Waals surface area contributed by atoms with E-state index in [9.17, 15) is 4.79 Å². The van der Waals surface area contributed by atoms with E-state index in [-0.39, 0.29) is 5.91 Å². The first kappa shape index (κ1) is 22.7. The van der Waals surface area contributed by atoms with Crippen LogP contribution in [0, 0.1) is 13.8 Å². The van der Waals surface area contributed by atoms with Crippen molar-refractivity contribution in [1.29, 1.82) is 0 Å². The van der Waals surface area contributed by atoms with E-state index in [0.717, 1.165) is 22.5 Å². The molecule has 0 spiro atoms. The standard InChI is InChI=1S/C12H14N4O2.C9H10N4O/c1-3-11(17)14-7-10-5-4-9(6-13-10)12-15-8(2)18-16-12;1-6-12-9(13-14-6)7-2-3-8(4-10)11-5-7/h4-6H,3,7H2,1-2H3,(H,14,17);2-3,5H,4,10H2,1H3. The molecule has 0 saturated carbocycles. The third-order valence-electron chi connectivity index (χ3n) is 4.22. The molecule has 32 heavy (non-hydrogen) atoms. The maximum Gasteiger partial charge on any atom is 0.223 e. The molecule has 4 rings (SSSR count). The Morgan fingerprint density at radius 1 is 0.906 bits per heavy atom. The van der Waals surface area contributed by atoms with E-state index in [0.29, 0.717) is 42.9 Å². The third-order valence-corrected chi connectivity index (χ3v) is 4.22. The number of rotatable bonds is 6. The van der Waals surface area contributed by atoms with Crippen LogP contribution < -0.4 is 11.1 Å². The van der Waals surface area contributed by atoms with Crippen LogP contribution in [0.4, 0.5) is 0 Å². The monoisotopic (exact) mass is 436 g/mol. The summed E-state index contributed by atoms with van der Waals surface area (Å²) in [5.74, 6) is 2.14. The second-order valence-corrected chi connectivity index (χ2v) is 6.68. The van der Waals surface area contributed by atoms with Crippen LogP contribution in [-0.2, 0) is 17.9 Å². The molecule has 4 aromatic rings. The zero-order valence-electron chi connectivity index (χ0n) is 18.1. The lowest BCUT2D eigenvalue weighted by atomic mass is 10.2. The maximum atomic E-state index is 11.1. The van der Waals surface area contributed by atoms with Crippen molar-refractivity contribution in [3.63, 3.8) is 0 Å². The molecule has 0 aliphatic carbocycles. The van der Waals surface area contributed by atoms with E-state index in [1.807, 2.05) is 31.2 Å². The number of amides is 1. The van der Waals surface area contributed by atoms with Crippen molar-refractivity contribution in [2.75, 3.05) is 0 Å². The number of hydrogen-bond acceptors (Lipinski definition) is 10. The number of nitrogens with one attached hydrogen (secondary N) is 1. The molecule has 166 valence electrons. The average Bonchev–Trinajstić information content (AvgIpc) is 3.46. The van der Waals surface area contributed by atoms with Crippen LogP contribution in [-0.4, -0.2) is 36.2 Å². The summed E-state index contributed by atoms with van der Waals surface area (Å²) in [7, 11) is 0. The minimum atomic E-state index is 0.00895. The van der Waals surface area contributed by atoms with Gasteiger partial charge in [0.2, 0.25) is 29.3 Å². The largest absolute Gasteiger partial charge is 0.350 e. The van der Waals surface area contributed by atoms with E-state index >= 15 is 0 Å². The second kappa shape index (κ2) is 10.9. The fourth-order valence-corrected chi connectivity index (χ4v) is 2.49. The van der Waals surface area contributed by atoms with Gasteiger partial charge in [0.15, 0.2) is 0 Å². The highest BCUT2D eigenvalue weighted by Crippen LogP contribution is 2.15. The molecule has 0 saturated heterocycles. The number of carbonyl (C=O) groups excluding carboxylic acids is 1. The summed E-state index contributed by atoms with van der Waals surface area (Å²) in [4.78, 5) is 27.7. The number of pyridine rings is 2. The van der Waals surface area contributed by atoms with Crippen LogP contribution in [0.3, 0.4) is 0 Å². The van der Waals surface area contributed by atoms with Gasteiger partial charge in [-0.3, -0.25) is 14.8 Å². The topological polar surface area (TPSA) is 159 Å². The molecule has 0 bridgehead atoms. The zero-order chi connectivity index (χ0) is 22.9. The van der Waals surface area contributed by atoms with E-state index < -0.39 is 0 Å². The summed E-state index contributed by atoms with van der Waals surface area (Å²) < 4.78 is 9.76. The van der Waals surface area contributed by atoms with E-state index in [4.69, 9.17) is 14.8 Å². The van der Waals surface area contributed by atoms with Gasteiger partial charge in [0.25, 0.3) is 0 Å². The highest BCUT2D eigenvalue weighted by Gasteiger charge is 2.07. The van der Waals surface area contributed by atoms with Crippen molar-refractivity contribution in [3.8, 4) is 22.8 Å². The fraction of sp³-hybridized carbons (Fsp3) is 0.286. The predicted molar refractivity (Wildman–Crippen MR) is 115 cm³/mol. The Balaban J connectivity index is 0.000000186. The van der Waals surface area contributed by atoms with Gasteiger partial charge in [-0.05, 0) is 24.3 Å². The smallest absolute Gasteiger partial charge is 0.223 e. The van der Waals surface area contributed by atoms with Crippen molar-refractivity contribution in [2.24, 2.45) is 5.73 Å². The summed E-state index contributed by atoms with van der Waals surface area (Å²) in [5.41, 5.74) is 8.69. The number of nitrogens with zero attached hydrogens (tertiary/aromatic N) is 6. The van der Waals surface area contributed by atoms with Crippen molar-refractivity contribution in [2.45, 2.75) is 40.3 Å². The number of aryl methyl sites for hydroxylation is 2. The summed E-state index contributed by atoms with van der Waals surface area (Å²) in [6.45, 7) is 6.16. The van der Waals surface area contributed by atoms with Crippen LogP contribution >= 0.6 is 0 Å². The normalized spacial score (nSPS) is 10.4. The Kier molecular flexibility index (Phi) is 7.70. The molecule has 11 heteroatoms. The molecular formula is C21H24N8O3. The molecule has 11 nitrogen and oxygen atoms in total. The van der Waals surface area contributed by atoms with Crippen molar-refractivity contribution >= 4 is 5.91 Å². The molecule has 0 unspecified atom stereocenters. The van der Waals surface area contributed by atoms with Crippen LogP contribution in [0.15, 0.2) is 45.7 Å². The number of carbonyl (C=O) groups is 1. The quantitative estimate of drug-likeness (QED) is 0.459. The van der Waals surface area contributed by atoms with Gasteiger partial charge in [-0.2, -0.15) is 9.97 Å². The van der Waals surface area contributed by atoms with E-state index in [1.165, 1.54) is 0 Å². The van der Waals surface area contributed by atoms with E-state index in [1.54, 1.807) is 26.2 Å². The Morgan fingerprint density at radius 2 is 1.44 bits per heavy atom. The fourth-order valence-electron chi connectivity index (χ4n) is 2.49. The lowest BCUT2D eigenvalue weighted by Gasteiger charge is -2.03. The van der Waals surface area contributed by atoms with Gasteiger partial charge >= 0.3 is 0 Å². The Labute approximate surface area is 184 Å². The molecule has 0 radical (unpaired) electrons. The van der Waals surface area contributed by atoms with Crippen molar-refractivity contribution in [1.82, 2.24) is 35.6 Å². The highest BCUT2D eigenvalue weighted by molar-refractivity contribution is 5.75. The lowest BCUT2D eigenvalue weighted by Crippen LogP contribution is -2.21. The Bertz CT molecular complexity index is 1140. The minimum Gasteiger partial charge on any atom is -0.350 e. The molecule has 0 fully saturated rings. The average molecular weight is 436 g/mol. The lowest BCUT2D eigenvalue weighted by molar-refractivity contribution is -0.120. The SMILES string of the molecule is CCC(=O)NCc1ccc(-c2noc(C)n2)cn1.Cc1nc(-c2ccc(CN)nc2)no1. The Morgan fingerprint density at radius 3 is 1.81 bits per heavy atom. The molecule has 0 aliphatic rings. The van der Waals surface area contributed by atoms with Gasteiger partial charge in [-0.1, -0.05) is 17.2 Å². The van der Waals surface area contributed by atoms with Gasteiger partial charge < -0.3 is 20.1 Å². The molecule has 0 aliphatic heterocycles. The first-order valence-corrected chi connectivity index (χ1v) is 9.96. The summed E-state index contributed by atoms with van der Waals surface area (Å²) in [6.07, 6.45) is 3.82. The predicted octanol–water partition coefficient (Wildman–Crippen LogP) is 2.36. The molecule has 4 aromatic heterocycles. The van der Waals surface area contributed by atoms with Crippen LogP contribution in [0.5, 0.6) is 0 Å². The number of aromatic nitrogens is 6. The zero-order valence-corrected chi connectivity index (χ0v) is 18.1. The third kappa shape index (κ3) is 6.25. The van der Waals surface area contributed by atoms with Gasteiger partial charge in [0.1, 0.15) is 0 Å². The minimum absolute atomic E-state index is 0.00895. The molecular weight excluding hydrogens is 412 g/mol. The summed E-state index contributed by atoms with van der Waals surface area (Å²) >= 11 is 0. The van der Waals surface area contributed by atoms with Crippen molar-refractivity contribution < 1.29 is 13.8 Å². The highest BCUT2D eigenvalue weighted by atomic mass is 16.5. The van der Waals surface area contributed by atoms with Gasteiger partial charge in [0.05, 0.1) is 17.9 Å². The second-order valence-electron chi connectivity index (χ2n) is 6.68. The van der Waals surface area contributed by atoms with Crippen LogP contribution in [0.2, 0.25) is 0 Å². The summed E-state index contributed by atoms with van der Waals surface area (Å²) in [5, 5.41) is 10.4. The van der Waals surface area contributed by atoms with Gasteiger partial charge in [-0.15, -0.1) is 0 Å². The molecule has 0 atom stereocenters. The van der Waals surface area contributed by atoms with Crippen LogP contribution in [0.1, 0.15) is 36.5 Å². The maximum absolute atomic E-state index is 11.1. The van der Waals surface area contributed by atoms with Crippen molar-refractivity contribution in [3.05, 3.63) is 59.8 Å². The van der Waals surface area contributed by atoms with Gasteiger partial charge in [0, 0.05) is 50.3 Å². The first-order valence-electron chi connectivity index (χ1n) is 9.96. The molecule has 3 N–H and O–H groups in total. The molecule has 1 amide bonds. The van der Waals surface area contributed by atoms with Gasteiger partial charge in [-0.25, -0.2) is 0 Å². The van der Waals surface area contributed by atoms with E-state index in [2.05, 4.69) is 35.6 Å². The number of hydrogen-bond donors (Lipinski definition) is 2. The summed E-state index contributed by atoms with van der Waals surface area (Å²) in [6, 6.07) is 7.40. The molecule has 4 heterocycles. The first-order chi connectivity index (χ1) is 15.5.